The lowest BCUT2D eigenvalue weighted by Gasteiger charge is -2.26. The van der Waals surface area contributed by atoms with Gasteiger partial charge in [0.2, 0.25) is 0 Å². The van der Waals surface area contributed by atoms with Gasteiger partial charge in [-0.25, -0.2) is 14.0 Å². The molecule has 3 aromatic rings. The summed E-state index contributed by atoms with van der Waals surface area (Å²) < 4.78 is 24.9. The largest absolute Gasteiger partial charge is 0.482 e. The smallest absolute Gasteiger partial charge is 0.411 e. The minimum absolute atomic E-state index is 0.0749. The maximum atomic E-state index is 13.9. The molecule has 0 aromatic heterocycles. The van der Waals surface area contributed by atoms with Crippen molar-refractivity contribution in [2.24, 2.45) is 0 Å². The van der Waals surface area contributed by atoms with E-state index in [-0.39, 0.29) is 18.9 Å². The van der Waals surface area contributed by atoms with Gasteiger partial charge in [0.1, 0.15) is 18.2 Å². The van der Waals surface area contributed by atoms with Crippen LogP contribution in [-0.4, -0.2) is 28.7 Å². The molecule has 0 bridgehead atoms. The van der Waals surface area contributed by atoms with E-state index in [1.807, 2.05) is 30.3 Å². The first-order chi connectivity index (χ1) is 15.4. The second-order valence-electron chi connectivity index (χ2n) is 7.28. The summed E-state index contributed by atoms with van der Waals surface area (Å²) in [6, 6.07) is 17.6. The Labute approximate surface area is 188 Å². The van der Waals surface area contributed by atoms with Crippen molar-refractivity contribution in [3.8, 4) is 5.75 Å². The van der Waals surface area contributed by atoms with Crippen molar-refractivity contribution in [1.29, 1.82) is 0 Å². The number of fused-ring (bicyclic) bond motifs is 1. The summed E-state index contributed by atoms with van der Waals surface area (Å²) in [5.74, 6) is -1.30. The molecule has 1 aliphatic heterocycles. The van der Waals surface area contributed by atoms with Crippen LogP contribution >= 0.6 is 11.6 Å². The first-order valence-corrected chi connectivity index (χ1v) is 10.2. The van der Waals surface area contributed by atoms with Crippen molar-refractivity contribution in [3.05, 3.63) is 99.8 Å². The molecule has 1 amide bonds. The summed E-state index contributed by atoms with van der Waals surface area (Å²) in [6.07, 6.45) is -0.598. The number of hydrogen-bond donors (Lipinski definition) is 1. The number of hydrogen-bond acceptors (Lipinski definition) is 4. The molecule has 0 radical (unpaired) electrons. The highest BCUT2D eigenvalue weighted by Crippen LogP contribution is 2.43. The lowest BCUT2D eigenvalue weighted by molar-refractivity contribution is -0.139. The van der Waals surface area contributed by atoms with Gasteiger partial charge in [-0.1, -0.05) is 48.0 Å². The van der Waals surface area contributed by atoms with E-state index in [9.17, 15) is 14.0 Å². The standard InChI is InChI=1S/C24H19ClFNO5/c25-17-6-9-21(31-14-22(28)29)20(11-17)23-19-8-7-18(26)10-16(19)12-27(23)24(30)32-13-15-4-2-1-3-5-15/h1-11,23H,12-14H2,(H,28,29). The van der Waals surface area contributed by atoms with E-state index >= 15 is 0 Å². The van der Waals surface area contributed by atoms with Crippen LogP contribution in [0.1, 0.15) is 28.3 Å². The average molecular weight is 456 g/mol. The molecule has 6 nitrogen and oxygen atoms in total. The fourth-order valence-electron chi connectivity index (χ4n) is 3.73. The van der Waals surface area contributed by atoms with Gasteiger partial charge in [0, 0.05) is 10.6 Å². The predicted molar refractivity (Wildman–Crippen MR) is 115 cm³/mol. The Kier molecular flexibility index (Phi) is 6.28. The van der Waals surface area contributed by atoms with Crippen molar-refractivity contribution >= 4 is 23.7 Å². The highest BCUT2D eigenvalue weighted by Gasteiger charge is 2.37. The van der Waals surface area contributed by atoms with Crippen molar-refractivity contribution in [2.45, 2.75) is 19.2 Å². The number of carboxylic acids is 1. The molecular formula is C24H19ClFNO5. The SMILES string of the molecule is O=C(O)COc1ccc(Cl)cc1C1c2ccc(F)cc2CN1C(=O)OCc1ccccc1. The Bertz CT molecular complexity index is 1150. The maximum absolute atomic E-state index is 13.9. The van der Waals surface area contributed by atoms with Crippen LogP contribution in [0.2, 0.25) is 5.02 Å². The zero-order valence-corrected chi connectivity index (χ0v) is 17.6. The quantitative estimate of drug-likeness (QED) is 0.554. The van der Waals surface area contributed by atoms with Gasteiger partial charge in [0.25, 0.3) is 0 Å². The van der Waals surface area contributed by atoms with Gasteiger partial charge in [-0.15, -0.1) is 0 Å². The van der Waals surface area contributed by atoms with Crippen molar-refractivity contribution in [1.82, 2.24) is 4.90 Å². The summed E-state index contributed by atoms with van der Waals surface area (Å²) in [6.45, 7) is -0.363. The molecule has 1 atom stereocenters. The summed E-state index contributed by atoms with van der Waals surface area (Å²) >= 11 is 6.21. The van der Waals surface area contributed by atoms with E-state index in [2.05, 4.69) is 0 Å². The summed E-state index contributed by atoms with van der Waals surface area (Å²) in [7, 11) is 0. The lowest BCUT2D eigenvalue weighted by atomic mass is 9.97. The monoisotopic (exact) mass is 455 g/mol. The zero-order valence-electron chi connectivity index (χ0n) is 16.8. The van der Waals surface area contributed by atoms with E-state index < -0.39 is 30.5 Å². The third kappa shape index (κ3) is 4.68. The first kappa shape index (κ1) is 21.6. The second kappa shape index (κ2) is 9.28. The molecule has 0 spiro atoms. The van der Waals surface area contributed by atoms with Gasteiger partial charge >= 0.3 is 12.1 Å². The number of amides is 1. The Morgan fingerprint density at radius 1 is 1.06 bits per heavy atom. The third-order valence-corrected chi connectivity index (χ3v) is 5.34. The second-order valence-corrected chi connectivity index (χ2v) is 7.71. The molecular weight excluding hydrogens is 437 g/mol. The molecule has 0 saturated heterocycles. The molecule has 32 heavy (non-hydrogen) atoms. The highest BCUT2D eigenvalue weighted by molar-refractivity contribution is 6.30. The summed E-state index contributed by atoms with van der Waals surface area (Å²) in [5, 5.41) is 9.40. The van der Waals surface area contributed by atoms with E-state index in [0.29, 0.717) is 21.7 Å². The van der Waals surface area contributed by atoms with Crippen LogP contribution in [0.4, 0.5) is 9.18 Å². The van der Waals surface area contributed by atoms with E-state index in [4.69, 9.17) is 26.2 Å². The topological polar surface area (TPSA) is 76.1 Å². The average Bonchev–Trinajstić information content (AvgIpc) is 3.15. The van der Waals surface area contributed by atoms with E-state index in [0.717, 1.165) is 5.56 Å². The van der Waals surface area contributed by atoms with Crippen LogP contribution in [0.5, 0.6) is 5.75 Å². The molecule has 0 saturated carbocycles. The fourth-order valence-corrected chi connectivity index (χ4v) is 3.91. The number of halogens is 2. The molecule has 8 heteroatoms. The number of carboxylic acid groups (broad SMARTS) is 1. The third-order valence-electron chi connectivity index (χ3n) is 5.11. The molecule has 1 N–H and O–H groups in total. The number of carbonyl (C=O) groups is 2. The van der Waals surface area contributed by atoms with Crippen LogP contribution in [-0.2, 0) is 22.7 Å². The first-order valence-electron chi connectivity index (χ1n) is 9.82. The Balaban J connectivity index is 1.69. The summed E-state index contributed by atoms with van der Waals surface area (Å²) in [5.41, 5.74) is 2.62. The van der Waals surface area contributed by atoms with E-state index in [1.54, 1.807) is 24.3 Å². The molecule has 1 heterocycles. The van der Waals surface area contributed by atoms with Crippen molar-refractivity contribution in [2.75, 3.05) is 6.61 Å². The fraction of sp³-hybridized carbons (Fsp3) is 0.167. The minimum atomic E-state index is -1.14. The van der Waals surface area contributed by atoms with Crippen LogP contribution in [0.15, 0.2) is 66.7 Å². The maximum Gasteiger partial charge on any atom is 0.411 e. The number of carbonyl (C=O) groups excluding carboxylic acids is 1. The number of aliphatic carboxylic acids is 1. The summed E-state index contributed by atoms with van der Waals surface area (Å²) in [4.78, 5) is 25.5. The number of rotatable bonds is 6. The molecule has 164 valence electrons. The van der Waals surface area contributed by atoms with Crippen LogP contribution in [0.3, 0.4) is 0 Å². The van der Waals surface area contributed by atoms with Crippen LogP contribution in [0, 0.1) is 5.82 Å². The molecule has 0 fully saturated rings. The molecule has 1 aliphatic rings. The highest BCUT2D eigenvalue weighted by atomic mass is 35.5. The number of benzene rings is 3. The van der Waals surface area contributed by atoms with Crippen molar-refractivity contribution < 1.29 is 28.6 Å². The molecule has 3 aromatic carbocycles. The van der Waals surface area contributed by atoms with E-state index in [1.165, 1.54) is 17.0 Å². The van der Waals surface area contributed by atoms with Gasteiger partial charge in [0.15, 0.2) is 6.61 Å². The Morgan fingerprint density at radius 3 is 2.59 bits per heavy atom. The number of ether oxygens (including phenoxy) is 2. The van der Waals surface area contributed by atoms with Gasteiger partial charge in [0.05, 0.1) is 12.6 Å². The van der Waals surface area contributed by atoms with Gasteiger partial charge in [-0.05, 0) is 47.0 Å². The minimum Gasteiger partial charge on any atom is -0.482 e. The normalized spacial score (nSPS) is 14.7. The van der Waals surface area contributed by atoms with Gasteiger partial charge in [-0.2, -0.15) is 0 Å². The molecule has 1 unspecified atom stereocenters. The zero-order chi connectivity index (χ0) is 22.7. The van der Waals surface area contributed by atoms with Gasteiger partial charge in [-0.3, -0.25) is 4.90 Å². The Morgan fingerprint density at radius 2 is 1.84 bits per heavy atom. The Hall–Kier alpha value is -3.58. The van der Waals surface area contributed by atoms with Crippen LogP contribution < -0.4 is 4.74 Å². The van der Waals surface area contributed by atoms with Crippen molar-refractivity contribution in [3.63, 3.8) is 0 Å². The predicted octanol–water partition coefficient (Wildman–Crippen LogP) is 5.18. The molecule has 0 aliphatic carbocycles. The van der Waals surface area contributed by atoms with Gasteiger partial charge < -0.3 is 14.6 Å². The molecule has 4 rings (SSSR count). The number of nitrogens with zero attached hydrogens (tertiary/aromatic N) is 1. The lowest BCUT2D eigenvalue weighted by Crippen LogP contribution is -2.31. The van der Waals surface area contributed by atoms with Crippen LogP contribution in [0.25, 0.3) is 0 Å².